The van der Waals surface area contributed by atoms with E-state index in [1.54, 1.807) is 0 Å². The first-order valence-electron chi connectivity index (χ1n) is 9.35. The lowest BCUT2D eigenvalue weighted by molar-refractivity contribution is 0.545. The maximum absolute atomic E-state index is 3.59. The first-order chi connectivity index (χ1) is 13.2. The molecule has 0 saturated carbocycles. The van der Waals surface area contributed by atoms with Gasteiger partial charge in [0.05, 0.1) is 0 Å². The highest BCUT2D eigenvalue weighted by Crippen LogP contribution is 2.20. The molecule has 3 rings (SSSR count). The van der Waals surface area contributed by atoms with Crippen molar-refractivity contribution in [1.29, 1.82) is 0 Å². The Labute approximate surface area is 193 Å². The summed E-state index contributed by atoms with van der Waals surface area (Å²) in [5.41, 5.74) is 3.99. The van der Waals surface area contributed by atoms with E-state index < -0.39 is 6.15 Å². The molecule has 0 heterocycles. The standard InChI is InChI=1S/C24H23BBr3/c1-24(2,3)16-17-25(18-4-10-21(26)11-5-18,19-6-12-22(27)13-7-19)20-8-14-23(28)15-9-20/h4-17H,1-3H3/q-1. The molecule has 3 aromatic carbocycles. The number of benzene rings is 3. The molecule has 0 unspecified atom stereocenters. The van der Waals surface area contributed by atoms with E-state index in [1.807, 2.05) is 0 Å². The monoisotopic (exact) mass is 559 g/mol. The number of hydrogen-bond acceptors (Lipinski definition) is 0. The fourth-order valence-corrected chi connectivity index (χ4v) is 4.44. The van der Waals surface area contributed by atoms with E-state index in [9.17, 15) is 0 Å². The molecule has 3 aromatic rings. The van der Waals surface area contributed by atoms with Gasteiger partial charge in [0.15, 0.2) is 0 Å². The molecule has 4 heteroatoms. The fourth-order valence-electron chi connectivity index (χ4n) is 3.64. The molecule has 0 aromatic heterocycles. The molecule has 144 valence electrons. The molecule has 0 aliphatic heterocycles. The Balaban J connectivity index is 2.36. The summed E-state index contributed by atoms with van der Waals surface area (Å²) < 4.78 is 3.27. The van der Waals surface area contributed by atoms with Crippen molar-refractivity contribution < 1.29 is 0 Å². The molecular weight excluding hydrogens is 539 g/mol. The normalized spacial score (nSPS) is 12.5. The van der Waals surface area contributed by atoms with Gasteiger partial charge in [-0.15, -0.1) is 6.08 Å². The molecule has 28 heavy (non-hydrogen) atoms. The summed E-state index contributed by atoms with van der Waals surface area (Å²) in [5, 5.41) is 0. The van der Waals surface area contributed by atoms with Crippen molar-refractivity contribution in [2.45, 2.75) is 20.8 Å². The first-order valence-corrected chi connectivity index (χ1v) is 11.7. The van der Waals surface area contributed by atoms with Crippen LogP contribution >= 0.6 is 47.8 Å². The third-order valence-electron chi connectivity index (χ3n) is 5.07. The largest absolute Gasteiger partial charge is 0.235 e. The highest BCUT2D eigenvalue weighted by molar-refractivity contribution is 9.11. The van der Waals surface area contributed by atoms with Crippen molar-refractivity contribution >= 4 is 70.3 Å². The zero-order chi connectivity index (χ0) is 20.4. The quantitative estimate of drug-likeness (QED) is 0.316. The molecule has 0 radical (unpaired) electrons. The molecule has 0 nitrogen and oxygen atoms in total. The van der Waals surface area contributed by atoms with Gasteiger partial charge >= 0.3 is 0 Å². The summed E-state index contributed by atoms with van der Waals surface area (Å²) in [6.45, 7) is 6.74. The molecule has 0 spiro atoms. The Bertz CT molecular complexity index is 840. The van der Waals surface area contributed by atoms with Crippen LogP contribution in [0.5, 0.6) is 0 Å². The number of allylic oxidation sites excluding steroid dienone is 1. The maximum atomic E-state index is 3.59. The summed E-state index contributed by atoms with van der Waals surface area (Å²) in [6, 6.07) is 26.2. The van der Waals surface area contributed by atoms with Crippen LogP contribution in [0, 0.1) is 5.41 Å². The van der Waals surface area contributed by atoms with Crippen LogP contribution in [0.1, 0.15) is 20.8 Å². The SMILES string of the molecule is CC(C)(C)C=C[B-](c1ccc(Br)cc1)(c1ccc(Br)cc1)c1ccc(Br)cc1. The van der Waals surface area contributed by atoms with Crippen molar-refractivity contribution in [3.05, 3.63) is 98.3 Å². The van der Waals surface area contributed by atoms with E-state index in [0.717, 1.165) is 13.4 Å². The Morgan fingerprint density at radius 1 is 0.571 bits per heavy atom. The highest BCUT2D eigenvalue weighted by atomic mass is 79.9. The van der Waals surface area contributed by atoms with Crippen LogP contribution in [0.4, 0.5) is 0 Å². The Morgan fingerprint density at radius 3 is 1.11 bits per heavy atom. The molecule has 0 fully saturated rings. The Morgan fingerprint density at radius 2 is 0.857 bits per heavy atom. The molecule has 0 bridgehead atoms. The summed E-state index contributed by atoms with van der Waals surface area (Å²) in [5.74, 6) is 2.43. The highest BCUT2D eigenvalue weighted by Gasteiger charge is 2.28. The van der Waals surface area contributed by atoms with Crippen LogP contribution < -0.4 is 16.4 Å². The van der Waals surface area contributed by atoms with Crippen LogP contribution in [-0.4, -0.2) is 6.15 Å². The van der Waals surface area contributed by atoms with Gasteiger partial charge in [0.25, 0.3) is 0 Å². The predicted molar refractivity (Wildman–Crippen MR) is 136 cm³/mol. The number of halogens is 3. The zero-order valence-corrected chi connectivity index (χ0v) is 21.1. The second kappa shape index (κ2) is 8.73. The van der Waals surface area contributed by atoms with Crippen molar-refractivity contribution in [3.8, 4) is 0 Å². The van der Waals surface area contributed by atoms with Gasteiger partial charge in [-0.1, -0.05) is 141 Å². The van der Waals surface area contributed by atoms with Crippen LogP contribution in [0.25, 0.3) is 0 Å². The summed E-state index contributed by atoms with van der Waals surface area (Å²) in [4.78, 5) is 0. The van der Waals surface area contributed by atoms with E-state index in [-0.39, 0.29) is 5.41 Å². The van der Waals surface area contributed by atoms with Gasteiger partial charge in [0.1, 0.15) is 6.15 Å². The maximum Gasteiger partial charge on any atom is 0.100 e. The summed E-state index contributed by atoms with van der Waals surface area (Å²) >= 11 is 10.8. The van der Waals surface area contributed by atoms with Gasteiger partial charge < -0.3 is 0 Å². The predicted octanol–water partition coefficient (Wildman–Crippen LogP) is 6.59. The van der Waals surface area contributed by atoms with Crippen LogP contribution in [-0.2, 0) is 0 Å². The molecule has 0 aliphatic rings. The Kier molecular flexibility index (Phi) is 6.74. The van der Waals surface area contributed by atoms with Gasteiger partial charge in [0, 0.05) is 13.4 Å². The van der Waals surface area contributed by atoms with Crippen molar-refractivity contribution in [2.75, 3.05) is 0 Å². The summed E-state index contributed by atoms with van der Waals surface area (Å²) in [7, 11) is 0. The first kappa shape index (κ1) is 21.6. The molecule has 0 atom stereocenters. The van der Waals surface area contributed by atoms with Crippen LogP contribution in [0.15, 0.2) is 98.3 Å². The lowest BCUT2D eigenvalue weighted by Gasteiger charge is -2.41. The molecule has 0 N–H and O–H groups in total. The summed E-state index contributed by atoms with van der Waals surface area (Å²) in [6.07, 6.45) is 1.08. The van der Waals surface area contributed by atoms with E-state index in [0.29, 0.717) is 0 Å². The van der Waals surface area contributed by atoms with Gasteiger partial charge in [-0.2, -0.15) is 16.4 Å². The Hall–Kier alpha value is -1.10. The smallest absolute Gasteiger partial charge is 0.100 e. The van der Waals surface area contributed by atoms with E-state index in [1.165, 1.54) is 16.4 Å². The van der Waals surface area contributed by atoms with Crippen molar-refractivity contribution in [1.82, 2.24) is 0 Å². The van der Waals surface area contributed by atoms with Gasteiger partial charge in [-0.25, -0.2) is 5.98 Å². The van der Waals surface area contributed by atoms with Crippen LogP contribution in [0.2, 0.25) is 0 Å². The average Bonchev–Trinajstić information content (AvgIpc) is 2.65. The second-order valence-electron chi connectivity index (χ2n) is 8.31. The minimum atomic E-state index is -1.26. The topological polar surface area (TPSA) is 0 Å². The van der Waals surface area contributed by atoms with Gasteiger partial charge in [0.2, 0.25) is 0 Å². The van der Waals surface area contributed by atoms with Crippen LogP contribution in [0.3, 0.4) is 0 Å². The van der Waals surface area contributed by atoms with E-state index >= 15 is 0 Å². The third kappa shape index (κ3) is 4.90. The van der Waals surface area contributed by atoms with Gasteiger partial charge in [-0.05, 0) is 5.41 Å². The average molecular weight is 562 g/mol. The van der Waals surface area contributed by atoms with Gasteiger partial charge in [-0.3, -0.25) is 0 Å². The minimum absolute atomic E-state index is 0.0904. The third-order valence-corrected chi connectivity index (χ3v) is 6.66. The minimum Gasteiger partial charge on any atom is -0.235 e. The molecular formula is C24H23BBr3-. The van der Waals surface area contributed by atoms with Crippen molar-refractivity contribution in [3.63, 3.8) is 0 Å². The molecule has 0 saturated heterocycles. The lowest BCUT2D eigenvalue weighted by atomic mass is 9.15. The fraction of sp³-hybridized carbons (Fsp3) is 0.167. The van der Waals surface area contributed by atoms with E-state index in [2.05, 4.69) is 153 Å². The number of rotatable bonds is 4. The lowest BCUT2D eigenvalue weighted by Crippen LogP contribution is -2.66. The van der Waals surface area contributed by atoms with Crippen molar-refractivity contribution in [2.24, 2.45) is 5.41 Å². The van der Waals surface area contributed by atoms with E-state index in [4.69, 9.17) is 0 Å². The molecule has 0 amide bonds. The number of hydrogen-bond donors (Lipinski definition) is 0. The molecule has 0 aliphatic carbocycles. The zero-order valence-electron chi connectivity index (χ0n) is 16.3. The second-order valence-corrected chi connectivity index (χ2v) is 11.1.